The molecule has 8 nitrogen and oxygen atoms in total. The van der Waals surface area contributed by atoms with Crippen LogP contribution >= 0.6 is 0 Å². The minimum Gasteiger partial charge on any atom is -0.444 e. The third-order valence-electron chi connectivity index (χ3n) is 4.71. The van der Waals surface area contributed by atoms with E-state index in [4.69, 9.17) is 4.74 Å². The van der Waals surface area contributed by atoms with Crippen molar-refractivity contribution in [1.82, 2.24) is 25.2 Å². The molecule has 3 rings (SSSR count). The number of halogens is 3. The number of nitrogens with one attached hydrogen (secondary N) is 1. The zero-order chi connectivity index (χ0) is 23.5. The molecule has 32 heavy (non-hydrogen) atoms. The van der Waals surface area contributed by atoms with E-state index in [0.717, 1.165) is 4.90 Å². The number of hydrogen-bond donors (Lipinski definition) is 1. The number of nitrogens with zero attached hydrogens (tertiary/aromatic N) is 4. The molecule has 2 amide bonds. The van der Waals surface area contributed by atoms with E-state index in [2.05, 4.69) is 20.3 Å². The highest BCUT2D eigenvalue weighted by Crippen LogP contribution is 2.40. The van der Waals surface area contributed by atoms with Gasteiger partial charge in [-0.3, -0.25) is 9.78 Å². The molecular formula is C21H24F3N5O3. The number of carbonyl (C=O) groups is 2. The molecule has 0 bridgehead atoms. The van der Waals surface area contributed by atoms with Crippen molar-refractivity contribution >= 4 is 12.0 Å². The van der Waals surface area contributed by atoms with Crippen molar-refractivity contribution in [2.75, 3.05) is 13.1 Å². The minimum absolute atomic E-state index is 0.0359. The number of pyridine rings is 1. The van der Waals surface area contributed by atoms with Crippen molar-refractivity contribution in [3.05, 3.63) is 42.0 Å². The van der Waals surface area contributed by atoms with Gasteiger partial charge < -0.3 is 15.0 Å². The normalized spacial score (nSPS) is 16.3. The Bertz CT molecular complexity index is 977. The molecule has 1 aliphatic rings. The number of fused-ring (bicyclic) bond motifs is 1. The van der Waals surface area contributed by atoms with Gasteiger partial charge in [-0.2, -0.15) is 13.2 Å². The molecule has 172 valence electrons. The van der Waals surface area contributed by atoms with E-state index < -0.39 is 36.2 Å². The first kappa shape index (κ1) is 23.4. The third kappa shape index (κ3) is 5.92. The summed E-state index contributed by atoms with van der Waals surface area (Å²) >= 11 is 0. The van der Waals surface area contributed by atoms with Gasteiger partial charge in [0.2, 0.25) is 5.91 Å². The SMILES string of the molecule is CC(C)(C)OC(=O)NCCC(=O)N1Cc2nc(-c3ccncc3)ncc2C(C(F)(F)F)C1. The second kappa shape index (κ2) is 9.09. The van der Waals surface area contributed by atoms with Gasteiger partial charge in [0.15, 0.2) is 5.82 Å². The number of alkyl carbamates (subject to hydrolysis) is 1. The minimum atomic E-state index is -4.57. The van der Waals surface area contributed by atoms with Gasteiger partial charge in [0.05, 0.1) is 12.2 Å². The second-order valence-electron chi connectivity index (χ2n) is 8.38. The molecule has 1 atom stereocenters. The van der Waals surface area contributed by atoms with E-state index in [1.54, 1.807) is 32.9 Å². The standard InChI is InChI=1S/C21H24F3N5O3/c1-20(2,3)32-19(31)26-9-6-17(30)29-11-15(21(22,23)24)14-10-27-18(28-16(14)12-29)13-4-7-25-8-5-13/h4-5,7-8,10,15H,6,9,11-12H2,1-3H3,(H,26,31). The predicted octanol–water partition coefficient (Wildman–Crippen LogP) is 3.44. The largest absolute Gasteiger partial charge is 0.444 e. The van der Waals surface area contributed by atoms with Crippen LogP contribution in [0.2, 0.25) is 0 Å². The lowest BCUT2D eigenvalue weighted by Crippen LogP contribution is -2.44. The zero-order valence-electron chi connectivity index (χ0n) is 17.9. The second-order valence-corrected chi connectivity index (χ2v) is 8.38. The smallest absolute Gasteiger partial charge is 0.407 e. The van der Waals surface area contributed by atoms with Gasteiger partial charge in [0.25, 0.3) is 0 Å². The summed E-state index contributed by atoms with van der Waals surface area (Å²) in [5.41, 5.74) is 0.0213. The van der Waals surface area contributed by atoms with Crippen molar-refractivity contribution in [2.45, 2.75) is 51.4 Å². The molecule has 3 heterocycles. The average molecular weight is 451 g/mol. The van der Waals surface area contributed by atoms with E-state index in [1.165, 1.54) is 18.6 Å². The van der Waals surface area contributed by atoms with Crippen LogP contribution in [-0.2, 0) is 16.1 Å². The van der Waals surface area contributed by atoms with E-state index in [0.29, 0.717) is 5.56 Å². The number of amides is 2. The molecule has 0 saturated carbocycles. The average Bonchev–Trinajstić information content (AvgIpc) is 2.71. The highest BCUT2D eigenvalue weighted by Gasteiger charge is 2.46. The lowest BCUT2D eigenvalue weighted by atomic mass is 9.93. The van der Waals surface area contributed by atoms with Crippen LogP contribution in [0.15, 0.2) is 30.7 Å². The Morgan fingerprint density at radius 3 is 2.53 bits per heavy atom. The third-order valence-corrected chi connectivity index (χ3v) is 4.71. The maximum Gasteiger partial charge on any atom is 0.407 e. The molecule has 0 aromatic carbocycles. The van der Waals surface area contributed by atoms with Crippen molar-refractivity contribution < 1.29 is 27.5 Å². The van der Waals surface area contributed by atoms with Crippen LogP contribution in [0, 0.1) is 0 Å². The monoisotopic (exact) mass is 451 g/mol. The Morgan fingerprint density at radius 1 is 1.22 bits per heavy atom. The first-order valence-electron chi connectivity index (χ1n) is 10.0. The van der Waals surface area contributed by atoms with Gasteiger partial charge in [-0.05, 0) is 32.9 Å². The van der Waals surface area contributed by atoms with Crippen LogP contribution < -0.4 is 5.32 Å². The van der Waals surface area contributed by atoms with Crippen LogP contribution in [0.4, 0.5) is 18.0 Å². The summed E-state index contributed by atoms with van der Waals surface area (Å²) in [5.74, 6) is -2.15. The quantitative estimate of drug-likeness (QED) is 0.765. The topological polar surface area (TPSA) is 97.3 Å². The summed E-state index contributed by atoms with van der Waals surface area (Å²) in [7, 11) is 0. The molecule has 11 heteroatoms. The fraction of sp³-hybridized carbons (Fsp3) is 0.476. The summed E-state index contributed by atoms with van der Waals surface area (Å²) in [5, 5.41) is 2.44. The van der Waals surface area contributed by atoms with Gasteiger partial charge in [-0.1, -0.05) is 0 Å². The maximum absolute atomic E-state index is 13.7. The van der Waals surface area contributed by atoms with Crippen LogP contribution in [0.1, 0.15) is 44.4 Å². The molecule has 0 fully saturated rings. The number of aromatic nitrogens is 3. The lowest BCUT2D eigenvalue weighted by molar-refractivity contribution is -0.161. The molecule has 0 spiro atoms. The maximum atomic E-state index is 13.7. The summed E-state index contributed by atoms with van der Waals surface area (Å²) in [4.78, 5) is 37.7. The van der Waals surface area contributed by atoms with Gasteiger partial charge in [0, 0.05) is 49.2 Å². The number of ether oxygens (including phenoxy) is 1. The van der Waals surface area contributed by atoms with E-state index in [1.807, 2.05) is 0 Å². The molecule has 2 aromatic rings. The highest BCUT2D eigenvalue weighted by atomic mass is 19.4. The Balaban J connectivity index is 1.74. The Hall–Kier alpha value is -3.24. The molecule has 0 radical (unpaired) electrons. The van der Waals surface area contributed by atoms with E-state index >= 15 is 0 Å². The first-order chi connectivity index (χ1) is 14.9. The van der Waals surface area contributed by atoms with Crippen molar-refractivity contribution in [1.29, 1.82) is 0 Å². The van der Waals surface area contributed by atoms with Crippen LogP contribution in [0.3, 0.4) is 0 Å². The number of carbonyl (C=O) groups excluding carboxylic acids is 2. The molecule has 2 aromatic heterocycles. The fourth-order valence-corrected chi connectivity index (χ4v) is 3.26. The summed E-state index contributed by atoms with van der Waals surface area (Å²) in [6.07, 6.45) is -1.18. The predicted molar refractivity (Wildman–Crippen MR) is 108 cm³/mol. The van der Waals surface area contributed by atoms with Gasteiger partial charge in [-0.15, -0.1) is 0 Å². The number of alkyl halides is 3. The van der Waals surface area contributed by atoms with E-state index in [9.17, 15) is 22.8 Å². The van der Waals surface area contributed by atoms with Crippen molar-refractivity contribution in [3.63, 3.8) is 0 Å². The molecule has 1 N–H and O–H groups in total. The molecule has 1 aliphatic heterocycles. The van der Waals surface area contributed by atoms with Crippen molar-refractivity contribution in [2.24, 2.45) is 0 Å². The molecular weight excluding hydrogens is 427 g/mol. The molecule has 0 saturated heterocycles. The first-order valence-corrected chi connectivity index (χ1v) is 10.0. The lowest BCUT2D eigenvalue weighted by Gasteiger charge is -2.35. The number of hydrogen-bond acceptors (Lipinski definition) is 6. The summed E-state index contributed by atoms with van der Waals surface area (Å²) < 4.78 is 46.2. The van der Waals surface area contributed by atoms with E-state index in [-0.39, 0.29) is 36.6 Å². The highest BCUT2D eigenvalue weighted by molar-refractivity contribution is 5.77. The van der Waals surface area contributed by atoms with Crippen LogP contribution in [0.25, 0.3) is 11.4 Å². The van der Waals surface area contributed by atoms with Gasteiger partial charge in [-0.25, -0.2) is 14.8 Å². The Kier molecular flexibility index (Phi) is 6.65. The Labute approximate surface area is 183 Å². The van der Waals surface area contributed by atoms with Crippen LogP contribution in [0.5, 0.6) is 0 Å². The molecule has 0 aliphatic carbocycles. The Morgan fingerprint density at radius 2 is 1.91 bits per heavy atom. The summed E-state index contributed by atoms with van der Waals surface area (Å²) in [6.45, 7) is 4.43. The van der Waals surface area contributed by atoms with Gasteiger partial charge >= 0.3 is 12.3 Å². The van der Waals surface area contributed by atoms with Gasteiger partial charge in [0.1, 0.15) is 11.5 Å². The molecule has 1 unspecified atom stereocenters. The zero-order valence-corrected chi connectivity index (χ0v) is 17.9. The summed E-state index contributed by atoms with van der Waals surface area (Å²) in [6, 6.07) is 3.30. The van der Waals surface area contributed by atoms with Crippen LogP contribution in [-0.4, -0.2) is 56.7 Å². The number of rotatable bonds is 4. The fourth-order valence-electron chi connectivity index (χ4n) is 3.26. The van der Waals surface area contributed by atoms with Crippen molar-refractivity contribution in [3.8, 4) is 11.4 Å².